The van der Waals surface area contributed by atoms with Crippen LogP contribution in [0.25, 0.3) is 0 Å². The maximum absolute atomic E-state index is 13.0. The normalized spacial score (nSPS) is 17.3. The van der Waals surface area contributed by atoms with Gasteiger partial charge < -0.3 is 15.1 Å². The Morgan fingerprint density at radius 1 is 1.09 bits per heavy atom. The number of hydrogen-bond donors (Lipinski definition) is 2. The number of benzene rings is 1. The summed E-state index contributed by atoms with van der Waals surface area (Å²) >= 11 is 1.33. The van der Waals surface area contributed by atoms with Crippen molar-refractivity contribution < 1.29 is 22.8 Å². The van der Waals surface area contributed by atoms with Gasteiger partial charge in [-0.2, -0.15) is 13.2 Å². The van der Waals surface area contributed by atoms with E-state index in [-0.39, 0.29) is 18.0 Å². The van der Waals surface area contributed by atoms with E-state index in [0.29, 0.717) is 49.8 Å². The maximum Gasteiger partial charge on any atom is 0.416 e. The summed E-state index contributed by atoms with van der Waals surface area (Å²) in [6, 6.07) is 5.26. The molecular formula is C24H30F3N5O2S. The van der Waals surface area contributed by atoms with Crippen molar-refractivity contribution in [1.82, 2.24) is 15.2 Å². The molecule has 2 aromatic rings. The van der Waals surface area contributed by atoms with Crippen LogP contribution in [0.1, 0.15) is 49.8 Å². The van der Waals surface area contributed by atoms with Crippen LogP contribution in [0, 0.1) is 0 Å². The molecule has 3 amide bonds. The first-order valence-electron chi connectivity index (χ1n) is 12.0. The standard InChI is InChI=1S/C24H30F3N5O2S/c25-24(26,27)17-5-4-8-20(15-17)31-11-13-32(14-12-31)21(33)10-9-19-16-35-23(29-19)30-22(34)28-18-6-2-1-3-7-18/h4-5,8,15-16,18H,1-3,6-7,9-14H2,(H2,28,29,30,34). The van der Waals surface area contributed by atoms with E-state index in [9.17, 15) is 22.8 Å². The number of nitrogens with zero attached hydrogens (tertiary/aromatic N) is 3. The van der Waals surface area contributed by atoms with Crippen molar-refractivity contribution in [3.05, 3.63) is 40.9 Å². The van der Waals surface area contributed by atoms with Crippen LogP contribution in [-0.2, 0) is 17.4 Å². The summed E-state index contributed by atoms with van der Waals surface area (Å²) in [6.07, 6.45) is 1.90. The van der Waals surface area contributed by atoms with Gasteiger partial charge in [0, 0.05) is 49.7 Å². The minimum atomic E-state index is -4.38. The number of amides is 3. The Labute approximate surface area is 206 Å². The van der Waals surface area contributed by atoms with E-state index < -0.39 is 11.7 Å². The highest BCUT2D eigenvalue weighted by atomic mass is 32.1. The van der Waals surface area contributed by atoms with Gasteiger partial charge >= 0.3 is 12.2 Å². The third-order valence-electron chi connectivity index (χ3n) is 6.48. The molecule has 0 unspecified atom stereocenters. The van der Waals surface area contributed by atoms with Crippen LogP contribution in [0.4, 0.5) is 28.8 Å². The highest BCUT2D eigenvalue weighted by Gasteiger charge is 2.31. The zero-order valence-electron chi connectivity index (χ0n) is 19.4. The van der Waals surface area contributed by atoms with Gasteiger partial charge in [-0.05, 0) is 37.5 Å². The van der Waals surface area contributed by atoms with Gasteiger partial charge in [0.2, 0.25) is 5.91 Å². The van der Waals surface area contributed by atoms with Gasteiger partial charge in [0.25, 0.3) is 0 Å². The lowest BCUT2D eigenvalue weighted by Crippen LogP contribution is -2.48. The third-order valence-corrected chi connectivity index (χ3v) is 7.29. The number of thiazole rings is 1. The summed E-state index contributed by atoms with van der Waals surface area (Å²) in [5, 5.41) is 8.12. The fraction of sp³-hybridized carbons (Fsp3) is 0.542. The summed E-state index contributed by atoms with van der Waals surface area (Å²) in [4.78, 5) is 32.9. The number of carbonyl (C=O) groups is 2. The van der Waals surface area contributed by atoms with E-state index in [1.54, 1.807) is 11.0 Å². The molecule has 1 saturated heterocycles. The SMILES string of the molecule is O=C(Nc1nc(CCC(=O)N2CCN(c3cccc(C(F)(F)F)c3)CC2)cs1)NC1CCCCC1. The molecule has 0 atom stereocenters. The molecule has 0 spiro atoms. The van der Waals surface area contributed by atoms with Crippen LogP contribution in [0.2, 0.25) is 0 Å². The molecule has 35 heavy (non-hydrogen) atoms. The number of alkyl halides is 3. The number of aryl methyl sites for hydroxylation is 1. The number of rotatable bonds is 6. The fourth-order valence-electron chi connectivity index (χ4n) is 4.53. The Hall–Kier alpha value is -2.82. The molecule has 1 aliphatic heterocycles. The average Bonchev–Trinajstić information content (AvgIpc) is 3.30. The predicted molar refractivity (Wildman–Crippen MR) is 130 cm³/mol. The van der Waals surface area contributed by atoms with Gasteiger partial charge in [0.05, 0.1) is 11.3 Å². The number of anilines is 2. The van der Waals surface area contributed by atoms with Gasteiger partial charge in [-0.3, -0.25) is 10.1 Å². The number of hydrogen-bond acceptors (Lipinski definition) is 5. The van der Waals surface area contributed by atoms with Crippen molar-refractivity contribution in [3.63, 3.8) is 0 Å². The van der Waals surface area contributed by atoms with Crippen molar-refractivity contribution in [2.45, 2.75) is 57.2 Å². The number of nitrogens with one attached hydrogen (secondary N) is 2. The van der Waals surface area contributed by atoms with Crippen molar-refractivity contribution in [1.29, 1.82) is 0 Å². The number of piperazine rings is 1. The van der Waals surface area contributed by atoms with Crippen LogP contribution >= 0.6 is 11.3 Å². The Bertz CT molecular complexity index is 1010. The molecule has 2 N–H and O–H groups in total. The zero-order chi connectivity index (χ0) is 24.8. The van der Waals surface area contributed by atoms with Crippen molar-refractivity contribution in [2.75, 3.05) is 36.4 Å². The Kier molecular flexibility index (Phi) is 8.15. The lowest BCUT2D eigenvalue weighted by molar-refractivity contribution is -0.137. The van der Waals surface area contributed by atoms with E-state index in [4.69, 9.17) is 0 Å². The van der Waals surface area contributed by atoms with Gasteiger partial charge in [-0.15, -0.1) is 11.3 Å². The molecule has 11 heteroatoms. The van der Waals surface area contributed by atoms with E-state index in [1.807, 2.05) is 10.3 Å². The topological polar surface area (TPSA) is 77.6 Å². The molecule has 0 bridgehead atoms. The predicted octanol–water partition coefficient (Wildman–Crippen LogP) is 4.90. The smallest absolute Gasteiger partial charge is 0.368 e. The first-order valence-corrected chi connectivity index (χ1v) is 12.9. The molecule has 1 aromatic heterocycles. The monoisotopic (exact) mass is 509 g/mol. The van der Waals surface area contributed by atoms with Gasteiger partial charge in [-0.1, -0.05) is 25.3 Å². The highest BCUT2D eigenvalue weighted by molar-refractivity contribution is 7.13. The first kappa shape index (κ1) is 25.3. The van der Waals surface area contributed by atoms with E-state index in [2.05, 4.69) is 15.6 Å². The number of urea groups is 1. The second-order valence-corrected chi connectivity index (χ2v) is 9.85. The lowest BCUT2D eigenvalue weighted by Gasteiger charge is -2.36. The Morgan fingerprint density at radius 2 is 1.83 bits per heavy atom. The van der Waals surface area contributed by atoms with Gasteiger partial charge in [-0.25, -0.2) is 9.78 Å². The quantitative estimate of drug-likeness (QED) is 0.581. The maximum atomic E-state index is 13.0. The number of aromatic nitrogens is 1. The molecule has 1 saturated carbocycles. The van der Waals surface area contributed by atoms with Crippen molar-refractivity contribution in [2.24, 2.45) is 0 Å². The van der Waals surface area contributed by atoms with Gasteiger partial charge in [0.15, 0.2) is 5.13 Å². The van der Waals surface area contributed by atoms with Crippen LogP contribution in [0.5, 0.6) is 0 Å². The lowest BCUT2D eigenvalue weighted by atomic mass is 9.96. The van der Waals surface area contributed by atoms with Crippen LogP contribution in [-0.4, -0.2) is 54.0 Å². The second kappa shape index (κ2) is 11.3. The minimum absolute atomic E-state index is 0.00811. The van der Waals surface area contributed by atoms with E-state index in [0.717, 1.165) is 43.5 Å². The number of halogens is 3. The Morgan fingerprint density at radius 3 is 2.54 bits per heavy atom. The fourth-order valence-corrected chi connectivity index (χ4v) is 5.27. The van der Waals surface area contributed by atoms with Crippen LogP contribution < -0.4 is 15.5 Å². The second-order valence-electron chi connectivity index (χ2n) is 8.99. The van der Waals surface area contributed by atoms with Crippen LogP contribution in [0.3, 0.4) is 0 Å². The zero-order valence-corrected chi connectivity index (χ0v) is 20.3. The molecule has 2 heterocycles. The molecule has 4 rings (SSSR count). The third kappa shape index (κ3) is 7.09. The molecule has 1 aliphatic carbocycles. The van der Waals surface area contributed by atoms with Crippen LogP contribution in [0.15, 0.2) is 29.6 Å². The van der Waals surface area contributed by atoms with Crippen molar-refractivity contribution >= 4 is 34.1 Å². The number of carbonyl (C=O) groups excluding carboxylic acids is 2. The Balaban J connectivity index is 1.20. The van der Waals surface area contributed by atoms with E-state index >= 15 is 0 Å². The molecule has 190 valence electrons. The molecule has 2 fully saturated rings. The van der Waals surface area contributed by atoms with E-state index in [1.165, 1.54) is 23.8 Å². The van der Waals surface area contributed by atoms with Crippen molar-refractivity contribution in [3.8, 4) is 0 Å². The minimum Gasteiger partial charge on any atom is -0.368 e. The largest absolute Gasteiger partial charge is 0.416 e. The van der Waals surface area contributed by atoms with Gasteiger partial charge in [0.1, 0.15) is 0 Å². The summed E-state index contributed by atoms with van der Waals surface area (Å²) in [6.45, 7) is 1.88. The molecule has 0 radical (unpaired) electrons. The molecule has 7 nitrogen and oxygen atoms in total. The first-order chi connectivity index (χ1) is 16.8. The average molecular weight is 510 g/mol. The summed E-state index contributed by atoms with van der Waals surface area (Å²) in [7, 11) is 0. The molecule has 1 aromatic carbocycles. The molecule has 2 aliphatic rings. The molecular weight excluding hydrogens is 479 g/mol. The summed E-state index contributed by atoms with van der Waals surface area (Å²) in [5.41, 5.74) is 0.595. The highest BCUT2D eigenvalue weighted by Crippen LogP contribution is 2.32. The summed E-state index contributed by atoms with van der Waals surface area (Å²) in [5.74, 6) is -0.00811. The summed E-state index contributed by atoms with van der Waals surface area (Å²) < 4.78 is 39.0.